The zero-order chi connectivity index (χ0) is 58.7. The minimum Gasteiger partial charge on any atom is -0.495 e. The van der Waals surface area contributed by atoms with Gasteiger partial charge in [0.2, 0.25) is 5.91 Å². The number of carbonyl (C=O) groups excluding carboxylic acids is 3. The van der Waals surface area contributed by atoms with E-state index >= 15 is 0 Å². The predicted molar refractivity (Wildman–Crippen MR) is 337 cm³/mol. The summed E-state index contributed by atoms with van der Waals surface area (Å²) in [5.41, 5.74) is 11.1. The van der Waals surface area contributed by atoms with Gasteiger partial charge >= 0.3 is 12.1 Å². The van der Waals surface area contributed by atoms with Crippen LogP contribution in [0.2, 0.25) is 0 Å². The van der Waals surface area contributed by atoms with Crippen LogP contribution < -0.4 is 36.1 Å². The SMILES string of the molecule is CCC(=O)Nc1cc(C(C)(C)C)cc(NC(=O)Nc2ccc(-c3ccc(CN4CCOCC4)nc3)c3ccccc23)c1OC.COc1ccc(C(C)(C)C)cc1NC(=O)Nc1ccc(-c2ccc(CN3CCCCC3)nc2)c2ccccc12. The Morgan fingerprint density at radius 1 is 0.506 bits per heavy atom. The maximum Gasteiger partial charge on any atom is 0.323 e. The van der Waals surface area contributed by atoms with Crippen LogP contribution in [0, 0.1) is 0 Å². The van der Waals surface area contributed by atoms with Crippen molar-refractivity contribution in [1.29, 1.82) is 0 Å². The van der Waals surface area contributed by atoms with Crippen LogP contribution in [0.4, 0.5) is 38.0 Å². The number of hydrogen-bond acceptors (Lipinski definition) is 10. The number of amides is 5. The molecule has 2 aliphatic rings. The van der Waals surface area contributed by atoms with Crippen molar-refractivity contribution in [3.05, 3.63) is 162 Å². The van der Waals surface area contributed by atoms with E-state index in [4.69, 9.17) is 24.2 Å². The van der Waals surface area contributed by atoms with Crippen molar-refractivity contribution in [1.82, 2.24) is 19.8 Å². The summed E-state index contributed by atoms with van der Waals surface area (Å²) in [6.45, 7) is 21.8. The highest BCUT2D eigenvalue weighted by molar-refractivity contribution is 6.11. The third-order valence-corrected chi connectivity index (χ3v) is 15.3. The van der Waals surface area contributed by atoms with Crippen LogP contribution >= 0.6 is 0 Å². The second-order valence-electron chi connectivity index (χ2n) is 23.3. The van der Waals surface area contributed by atoms with Crippen LogP contribution in [0.5, 0.6) is 11.5 Å². The largest absolute Gasteiger partial charge is 0.495 e. The zero-order valence-electron chi connectivity index (χ0n) is 49.5. The number of methoxy groups -OCH3 is 2. The summed E-state index contributed by atoms with van der Waals surface area (Å²) in [4.78, 5) is 53.2. The molecule has 0 bridgehead atoms. The molecule has 2 saturated heterocycles. The van der Waals surface area contributed by atoms with Crippen molar-refractivity contribution in [2.75, 3.05) is 80.2 Å². The second-order valence-corrected chi connectivity index (χ2v) is 23.3. The third-order valence-electron chi connectivity index (χ3n) is 15.3. The minimum absolute atomic E-state index is 0.0498. The summed E-state index contributed by atoms with van der Waals surface area (Å²) < 4.78 is 16.6. The van der Waals surface area contributed by atoms with Crippen LogP contribution in [-0.4, -0.2) is 91.3 Å². The molecule has 432 valence electrons. The van der Waals surface area contributed by atoms with Crippen molar-refractivity contribution in [3.63, 3.8) is 0 Å². The number of carbonyl (C=O) groups is 3. The highest BCUT2D eigenvalue weighted by Crippen LogP contribution is 2.40. The van der Waals surface area contributed by atoms with Gasteiger partial charge in [-0.15, -0.1) is 0 Å². The van der Waals surface area contributed by atoms with Gasteiger partial charge in [-0.25, -0.2) is 9.59 Å². The smallest absolute Gasteiger partial charge is 0.323 e. The molecule has 0 unspecified atom stereocenters. The third kappa shape index (κ3) is 15.0. The number of ether oxygens (including phenoxy) is 3. The molecule has 0 saturated carbocycles. The van der Waals surface area contributed by atoms with Gasteiger partial charge in [-0.1, -0.05) is 134 Å². The van der Waals surface area contributed by atoms with Gasteiger partial charge in [0.25, 0.3) is 0 Å². The van der Waals surface area contributed by atoms with Crippen molar-refractivity contribution in [2.45, 2.75) is 98.1 Å². The first-order valence-corrected chi connectivity index (χ1v) is 28.8. The van der Waals surface area contributed by atoms with Crippen LogP contribution in [-0.2, 0) is 33.5 Å². The normalized spacial score (nSPS) is 14.0. The average Bonchev–Trinajstić information content (AvgIpc) is 3.22. The van der Waals surface area contributed by atoms with E-state index in [1.54, 1.807) is 14.0 Å². The number of benzene rings is 6. The Morgan fingerprint density at radius 2 is 0.976 bits per heavy atom. The number of pyridine rings is 2. The van der Waals surface area contributed by atoms with Gasteiger partial charge in [0, 0.05) is 66.9 Å². The van der Waals surface area contributed by atoms with E-state index in [2.05, 4.69) is 114 Å². The second kappa shape index (κ2) is 26.7. The fourth-order valence-electron chi connectivity index (χ4n) is 10.5. The Morgan fingerprint density at radius 3 is 1.45 bits per heavy atom. The van der Waals surface area contributed by atoms with Crippen LogP contribution in [0.3, 0.4) is 0 Å². The molecule has 5 N–H and O–H groups in total. The topological polar surface area (TPSA) is 171 Å². The zero-order valence-corrected chi connectivity index (χ0v) is 49.5. The van der Waals surface area contributed by atoms with Crippen molar-refractivity contribution in [3.8, 4) is 33.8 Å². The molecule has 2 aromatic heterocycles. The quantitative estimate of drug-likeness (QED) is 0.0706. The van der Waals surface area contributed by atoms with Crippen LogP contribution in [0.15, 0.2) is 140 Å². The molecule has 0 atom stereocenters. The lowest BCUT2D eigenvalue weighted by Gasteiger charge is -2.26. The highest BCUT2D eigenvalue weighted by Gasteiger charge is 2.23. The number of likely N-dealkylation sites (tertiary alicyclic amines) is 1. The number of urea groups is 2. The minimum atomic E-state index is -0.422. The predicted octanol–water partition coefficient (Wildman–Crippen LogP) is 14.9. The van der Waals surface area contributed by atoms with E-state index < -0.39 is 6.03 Å². The van der Waals surface area contributed by atoms with Crippen LogP contribution in [0.1, 0.15) is 96.7 Å². The fourth-order valence-corrected chi connectivity index (χ4v) is 10.5. The molecule has 0 spiro atoms. The van der Waals surface area contributed by atoms with Gasteiger partial charge in [-0.05, 0) is 118 Å². The van der Waals surface area contributed by atoms with Crippen molar-refractivity contribution in [2.24, 2.45) is 0 Å². The molecule has 8 aromatic rings. The summed E-state index contributed by atoms with van der Waals surface area (Å²) >= 11 is 0. The van der Waals surface area contributed by atoms with Crippen molar-refractivity contribution >= 4 is 68.0 Å². The summed E-state index contributed by atoms with van der Waals surface area (Å²) in [5, 5.41) is 18.9. The molecule has 6 aromatic carbocycles. The van der Waals surface area contributed by atoms with Gasteiger partial charge in [0.05, 0.1) is 67.3 Å². The standard InChI is InChI=1S/C35H41N5O4.C33H38N4O2/c1-6-32(41)37-30-19-24(35(2,3)4)20-31(33(30)43-5)39-34(42)38-29-14-13-26(27-9-7-8-10-28(27)29)23-11-12-25(36-21-23)22-40-15-17-44-18-16-40;1-33(2,3)24-13-17-31(39-4)30(20-24)36-32(38)35-29-16-15-26(27-10-6-7-11-28(27)29)23-12-14-25(34-21-23)22-37-18-8-5-9-19-37/h7-14,19-21H,6,15-18,22H2,1-5H3,(H,37,41)(H2,38,39,42);6-7,10-17,20-21H,5,8-9,18-19,22H2,1-4H3,(H2,35,36,38). The number of morpholine rings is 1. The van der Waals surface area contributed by atoms with Crippen molar-refractivity contribution < 1.29 is 28.6 Å². The number of fused-ring (bicyclic) bond motifs is 2. The monoisotopic (exact) mass is 1120 g/mol. The van der Waals surface area contributed by atoms with Crippen LogP contribution in [0.25, 0.3) is 43.8 Å². The molecule has 83 heavy (non-hydrogen) atoms. The molecular formula is C68H79N9O6. The number of rotatable bonds is 14. The fraction of sp³-hybridized carbons (Fsp3) is 0.338. The summed E-state index contributed by atoms with van der Waals surface area (Å²) in [6, 6.07) is 41.5. The van der Waals surface area contributed by atoms with E-state index in [0.29, 0.717) is 40.7 Å². The molecule has 2 aliphatic heterocycles. The van der Waals surface area contributed by atoms with Gasteiger partial charge in [-0.2, -0.15) is 0 Å². The summed E-state index contributed by atoms with van der Waals surface area (Å²) in [7, 11) is 3.13. The lowest BCUT2D eigenvalue weighted by molar-refractivity contribution is -0.115. The number of hydrogen-bond donors (Lipinski definition) is 5. The molecule has 5 amide bonds. The number of anilines is 5. The molecular weight excluding hydrogens is 1040 g/mol. The van der Waals surface area contributed by atoms with E-state index in [1.807, 2.05) is 103 Å². The summed E-state index contributed by atoms with van der Waals surface area (Å²) in [6.07, 6.45) is 8.10. The molecule has 0 aliphatic carbocycles. The Labute approximate surface area is 488 Å². The lowest BCUT2D eigenvalue weighted by atomic mass is 9.86. The summed E-state index contributed by atoms with van der Waals surface area (Å²) in [5.74, 6) is 0.868. The number of piperidine rings is 1. The molecule has 0 radical (unpaired) electrons. The van der Waals surface area contributed by atoms with Gasteiger partial charge in [-0.3, -0.25) is 24.6 Å². The van der Waals surface area contributed by atoms with Gasteiger partial charge in [0.1, 0.15) is 5.75 Å². The Hall–Kier alpha value is -8.37. The molecule has 2 fully saturated rings. The van der Waals surface area contributed by atoms with E-state index in [1.165, 1.54) is 26.4 Å². The Bertz CT molecular complexity index is 3560. The number of aromatic nitrogens is 2. The molecule has 15 nitrogen and oxygen atoms in total. The molecule has 10 rings (SSSR count). The maximum atomic E-state index is 13.4. The molecule has 4 heterocycles. The Kier molecular flexibility index (Phi) is 19.1. The van der Waals surface area contributed by atoms with E-state index in [0.717, 1.165) is 124 Å². The highest BCUT2D eigenvalue weighted by atomic mass is 16.5. The number of nitrogens with one attached hydrogen (secondary N) is 5. The van der Waals surface area contributed by atoms with Gasteiger partial charge < -0.3 is 40.8 Å². The maximum absolute atomic E-state index is 13.4. The molecule has 15 heteroatoms. The Balaban J connectivity index is 0.000000201. The average molecular weight is 1120 g/mol. The first kappa shape index (κ1) is 59.3. The lowest BCUT2D eigenvalue weighted by Crippen LogP contribution is -2.35. The number of nitrogens with zero attached hydrogens (tertiary/aromatic N) is 4. The van der Waals surface area contributed by atoms with E-state index in [-0.39, 0.29) is 22.8 Å². The van der Waals surface area contributed by atoms with E-state index in [9.17, 15) is 14.4 Å². The van der Waals surface area contributed by atoms with Gasteiger partial charge in [0.15, 0.2) is 5.75 Å². The first-order valence-electron chi connectivity index (χ1n) is 28.8. The first-order chi connectivity index (χ1) is 40.0.